The fraction of sp³-hybridized carbons (Fsp3) is 0.414. The van der Waals surface area contributed by atoms with Crippen molar-refractivity contribution in [2.75, 3.05) is 39.3 Å². The number of esters is 1. The van der Waals surface area contributed by atoms with Gasteiger partial charge in [0.2, 0.25) is 0 Å². The van der Waals surface area contributed by atoms with Crippen LogP contribution in [0.5, 0.6) is 0 Å². The molecule has 2 heterocycles. The fourth-order valence-corrected chi connectivity index (χ4v) is 5.33. The van der Waals surface area contributed by atoms with E-state index in [9.17, 15) is 14.4 Å². The van der Waals surface area contributed by atoms with E-state index in [0.717, 1.165) is 11.1 Å². The minimum atomic E-state index is -0.607. The highest BCUT2D eigenvalue weighted by molar-refractivity contribution is 6.30. The van der Waals surface area contributed by atoms with Crippen molar-refractivity contribution >= 4 is 29.5 Å². The van der Waals surface area contributed by atoms with Crippen LogP contribution >= 0.6 is 11.6 Å². The molecule has 1 N–H and O–H groups in total. The van der Waals surface area contributed by atoms with Crippen molar-refractivity contribution < 1.29 is 19.1 Å². The van der Waals surface area contributed by atoms with E-state index in [1.165, 1.54) is 0 Å². The molecule has 2 atom stereocenters. The summed E-state index contributed by atoms with van der Waals surface area (Å²) < 4.78 is 5.48. The van der Waals surface area contributed by atoms with Gasteiger partial charge in [-0.25, -0.2) is 9.59 Å². The van der Waals surface area contributed by atoms with Gasteiger partial charge in [0.1, 0.15) is 0 Å². The number of amides is 3. The number of nitrogens with one attached hydrogen (secondary N) is 1. The molecule has 3 amide bonds. The lowest BCUT2D eigenvalue weighted by Crippen LogP contribution is -2.56. The second-order valence-corrected chi connectivity index (χ2v) is 10.1. The number of halogens is 1. The minimum Gasteiger partial charge on any atom is -0.463 e. The van der Waals surface area contributed by atoms with E-state index in [1.54, 1.807) is 36.1 Å². The predicted octanol–water partition coefficient (Wildman–Crippen LogP) is 4.40. The zero-order chi connectivity index (χ0) is 27.4. The standard InChI is InChI=1S/C29H35ClN4O4/c1-5-33-24(18-32-14-15-34(20(4)17-32)27(35)21-10-12-23(30)13-11-21)25(28(36)38-6-2)26(31-29(33)37)22-9-7-8-19(3)16-22/h7-13,16,20,26H,5-6,14-15,17-18H2,1-4H3,(H,31,37)/t20-,26+/m0/s1. The van der Waals surface area contributed by atoms with Gasteiger partial charge in [-0.2, -0.15) is 0 Å². The molecular weight excluding hydrogens is 504 g/mol. The molecule has 2 aromatic carbocycles. The Hall–Kier alpha value is -3.36. The predicted molar refractivity (Wildman–Crippen MR) is 147 cm³/mol. The highest BCUT2D eigenvalue weighted by Gasteiger charge is 2.39. The van der Waals surface area contributed by atoms with Gasteiger partial charge in [0.15, 0.2) is 0 Å². The van der Waals surface area contributed by atoms with Crippen molar-refractivity contribution in [1.29, 1.82) is 0 Å². The van der Waals surface area contributed by atoms with Crippen LogP contribution in [0, 0.1) is 6.92 Å². The zero-order valence-electron chi connectivity index (χ0n) is 22.4. The molecule has 2 aliphatic heterocycles. The van der Waals surface area contributed by atoms with Crippen molar-refractivity contribution in [2.24, 2.45) is 0 Å². The van der Waals surface area contributed by atoms with E-state index in [0.29, 0.717) is 54.6 Å². The number of aryl methyl sites for hydroxylation is 1. The van der Waals surface area contributed by atoms with Crippen LogP contribution in [0.25, 0.3) is 0 Å². The molecule has 0 unspecified atom stereocenters. The number of rotatable bonds is 7. The smallest absolute Gasteiger partial charge is 0.338 e. The average molecular weight is 539 g/mol. The number of urea groups is 1. The lowest BCUT2D eigenvalue weighted by molar-refractivity contribution is -0.139. The van der Waals surface area contributed by atoms with Gasteiger partial charge in [0.25, 0.3) is 5.91 Å². The largest absolute Gasteiger partial charge is 0.463 e. The van der Waals surface area contributed by atoms with Crippen LogP contribution in [0.1, 0.15) is 48.3 Å². The Kier molecular flexibility index (Phi) is 8.74. The first-order chi connectivity index (χ1) is 18.2. The maximum Gasteiger partial charge on any atom is 0.338 e. The minimum absolute atomic E-state index is 0.0352. The van der Waals surface area contributed by atoms with Crippen LogP contribution < -0.4 is 5.32 Å². The molecule has 0 spiro atoms. The Morgan fingerprint density at radius 3 is 2.47 bits per heavy atom. The Morgan fingerprint density at radius 1 is 1.11 bits per heavy atom. The van der Waals surface area contributed by atoms with E-state index in [2.05, 4.69) is 10.2 Å². The number of benzene rings is 2. The summed E-state index contributed by atoms with van der Waals surface area (Å²) in [6, 6.07) is 13.8. The molecular formula is C29H35ClN4O4. The first-order valence-corrected chi connectivity index (χ1v) is 13.4. The third-order valence-corrected chi connectivity index (χ3v) is 7.31. The van der Waals surface area contributed by atoms with Crippen LogP contribution in [-0.4, -0.2) is 78.0 Å². The van der Waals surface area contributed by atoms with Crippen molar-refractivity contribution in [2.45, 2.75) is 39.8 Å². The number of carbonyl (C=O) groups is 3. The number of ether oxygens (including phenoxy) is 1. The molecule has 2 aliphatic rings. The average Bonchev–Trinajstić information content (AvgIpc) is 2.89. The summed E-state index contributed by atoms with van der Waals surface area (Å²) in [7, 11) is 0. The van der Waals surface area contributed by atoms with Crippen LogP contribution in [0.2, 0.25) is 5.02 Å². The lowest BCUT2D eigenvalue weighted by Gasteiger charge is -2.43. The van der Waals surface area contributed by atoms with Crippen molar-refractivity contribution in [3.63, 3.8) is 0 Å². The Balaban J connectivity index is 1.62. The molecule has 0 aliphatic carbocycles. The van der Waals surface area contributed by atoms with Gasteiger partial charge >= 0.3 is 12.0 Å². The highest BCUT2D eigenvalue weighted by atomic mass is 35.5. The van der Waals surface area contributed by atoms with Crippen LogP contribution in [0.15, 0.2) is 59.8 Å². The third kappa shape index (κ3) is 5.87. The van der Waals surface area contributed by atoms with Gasteiger partial charge < -0.3 is 15.0 Å². The third-order valence-electron chi connectivity index (χ3n) is 7.06. The Morgan fingerprint density at radius 2 is 1.84 bits per heavy atom. The fourth-order valence-electron chi connectivity index (χ4n) is 5.21. The second-order valence-electron chi connectivity index (χ2n) is 9.71. The Bertz CT molecular complexity index is 1230. The van der Waals surface area contributed by atoms with Gasteiger partial charge in [-0.15, -0.1) is 0 Å². The summed E-state index contributed by atoms with van der Waals surface area (Å²) in [5.41, 5.74) is 3.57. The molecule has 0 saturated carbocycles. The van der Waals surface area contributed by atoms with E-state index in [4.69, 9.17) is 16.3 Å². The normalized spacial score (nSPS) is 20.4. The Labute approximate surface area is 229 Å². The molecule has 38 heavy (non-hydrogen) atoms. The molecule has 4 rings (SSSR count). The number of hydrogen-bond donors (Lipinski definition) is 1. The highest BCUT2D eigenvalue weighted by Crippen LogP contribution is 2.33. The molecule has 8 nitrogen and oxygen atoms in total. The number of piperazine rings is 1. The molecule has 202 valence electrons. The lowest BCUT2D eigenvalue weighted by atomic mass is 9.93. The summed E-state index contributed by atoms with van der Waals surface area (Å²) in [5, 5.41) is 3.61. The van der Waals surface area contributed by atoms with E-state index in [-0.39, 0.29) is 24.6 Å². The van der Waals surface area contributed by atoms with Crippen LogP contribution in [-0.2, 0) is 9.53 Å². The SMILES string of the molecule is CCOC(=O)C1=C(CN2CCN(C(=O)c3ccc(Cl)cc3)[C@@H](C)C2)N(CC)C(=O)N[C@@H]1c1cccc(C)c1. The quantitative estimate of drug-likeness (QED) is 0.528. The molecule has 0 radical (unpaired) electrons. The first-order valence-electron chi connectivity index (χ1n) is 13.1. The zero-order valence-corrected chi connectivity index (χ0v) is 23.1. The summed E-state index contributed by atoms with van der Waals surface area (Å²) in [5.74, 6) is -0.468. The first kappa shape index (κ1) is 27.7. The van der Waals surface area contributed by atoms with Crippen molar-refractivity contribution in [3.05, 3.63) is 81.5 Å². The maximum absolute atomic E-state index is 13.3. The molecule has 2 aromatic rings. The topological polar surface area (TPSA) is 82.2 Å². The number of hydrogen-bond acceptors (Lipinski definition) is 5. The van der Waals surface area contributed by atoms with Crippen molar-refractivity contribution in [1.82, 2.24) is 20.0 Å². The maximum atomic E-state index is 13.3. The molecule has 1 saturated heterocycles. The number of carbonyl (C=O) groups excluding carboxylic acids is 3. The molecule has 0 aromatic heterocycles. The second kappa shape index (κ2) is 12.0. The summed E-state index contributed by atoms with van der Waals surface area (Å²) in [6.07, 6.45) is 0. The van der Waals surface area contributed by atoms with E-state index < -0.39 is 12.0 Å². The van der Waals surface area contributed by atoms with Gasteiger partial charge in [-0.3, -0.25) is 14.6 Å². The summed E-state index contributed by atoms with van der Waals surface area (Å²) in [4.78, 5) is 45.3. The van der Waals surface area contributed by atoms with Gasteiger partial charge in [-0.1, -0.05) is 41.4 Å². The van der Waals surface area contributed by atoms with E-state index in [1.807, 2.05) is 49.9 Å². The summed E-state index contributed by atoms with van der Waals surface area (Å²) >= 11 is 5.99. The van der Waals surface area contributed by atoms with Gasteiger partial charge in [0, 0.05) is 55.0 Å². The molecule has 0 bridgehead atoms. The number of likely N-dealkylation sites (N-methyl/N-ethyl adjacent to an activating group) is 1. The van der Waals surface area contributed by atoms with Gasteiger partial charge in [0.05, 0.1) is 18.2 Å². The molecule has 9 heteroatoms. The monoisotopic (exact) mass is 538 g/mol. The number of nitrogens with zero attached hydrogens (tertiary/aromatic N) is 3. The van der Waals surface area contributed by atoms with Crippen LogP contribution in [0.3, 0.4) is 0 Å². The van der Waals surface area contributed by atoms with Crippen LogP contribution in [0.4, 0.5) is 4.79 Å². The van der Waals surface area contributed by atoms with Crippen molar-refractivity contribution in [3.8, 4) is 0 Å². The summed E-state index contributed by atoms with van der Waals surface area (Å²) in [6.45, 7) is 10.4. The van der Waals surface area contributed by atoms with Gasteiger partial charge in [-0.05, 0) is 57.5 Å². The molecule has 1 fully saturated rings. The van der Waals surface area contributed by atoms with E-state index >= 15 is 0 Å².